The molecular formula is C5H7N3S. The number of aliphatic imine (C=N–C) groups is 1. The fourth-order valence-electron chi connectivity index (χ4n) is 0.585. The fraction of sp³-hybridized carbons (Fsp3) is 0.600. The molecule has 1 aliphatic rings. The van der Waals surface area contributed by atoms with Crippen molar-refractivity contribution >= 4 is 23.2 Å². The van der Waals surface area contributed by atoms with Crippen LogP contribution in [0.1, 0.15) is 19.8 Å². The molecule has 48 valence electrons. The summed E-state index contributed by atoms with van der Waals surface area (Å²) in [6.45, 7) is 2.07. The number of thiocarbonyl (C=S) groups is 1. The Balaban J connectivity index is 2.53. The molecule has 0 amide bonds. The van der Waals surface area contributed by atoms with Crippen molar-refractivity contribution in [2.24, 2.45) is 15.2 Å². The van der Waals surface area contributed by atoms with Gasteiger partial charge < -0.3 is 0 Å². The van der Waals surface area contributed by atoms with Crippen LogP contribution in [0.25, 0.3) is 0 Å². The number of nitrogens with zero attached hydrogens (tertiary/aromatic N) is 3. The standard InChI is InChI=1S/C5H7N3S/c1-2-3-4-6-5(9)8-7-4/h2-3H2,1H3. The van der Waals surface area contributed by atoms with Gasteiger partial charge in [-0.1, -0.05) is 6.92 Å². The van der Waals surface area contributed by atoms with E-state index in [0.29, 0.717) is 5.11 Å². The lowest BCUT2D eigenvalue weighted by molar-refractivity contribution is 0.983. The maximum atomic E-state index is 4.66. The van der Waals surface area contributed by atoms with Crippen molar-refractivity contribution in [3.05, 3.63) is 0 Å². The summed E-state index contributed by atoms with van der Waals surface area (Å²) in [5, 5.41) is 7.69. The topological polar surface area (TPSA) is 37.1 Å². The Bertz CT molecular complexity index is 183. The molecule has 1 rings (SSSR count). The van der Waals surface area contributed by atoms with Crippen LogP contribution in [-0.2, 0) is 0 Å². The number of azo groups is 1. The summed E-state index contributed by atoms with van der Waals surface area (Å²) in [5.41, 5.74) is 0. The molecule has 1 heterocycles. The summed E-state index contributed by atoms with van der Waals surface area (Å²) in [6, 6.07) is 0. The van der Waals surface area contributed by atoms with Crippen LogP contribution in [0.3, 0.4) is 0 Å². The van der Waals surface area contributed by atoms with Gasteiger partial charge in [0.2, 0.25) is 5.11 Å². The third kappa shape index (κ3) is 1.64. The van der Waals surface area contributed by atoms with E-state index in [1.807, 2.05) is 0 Å². The second kappa shape index (κ2) is 2.77. The zero-order chi connectivity index (χ0) is 6.69. The molecule has 1 aliphatic heterocycles. The molecule has 0 aromatic heterocycles. The molecule has 4 heteroatoms. The highest BCUT2D eigenvalue weighted by molar-refractivity contribution is 7.80. The summed E-state index contributed by atoms with van der Waals surface area (Å²) in [7, 11) is 0. The second-order valence-electron chi connectivity index (χ2n) is 1.76. The van der Waals surface area contributed by atoms with Crippen molar-refractivity contribution in [3.8, 4) is 0 Å². The quantitative estimate of drug-likeness (QED) is 0.541. The van der Waals surface area contributed by atoms with E-state index < -0.39 is 0 Å². The largest absolute Gasteiger partial charge is 0.241 e. The third-order valence-electron chi connectivity index (χ3n) is 0.949. The van der Waals surface area contributed by atoms with Crippen molar-refractivity contribution in [2.45, 2.75) is 19.8 Å². The Labute approximate surface area is 58.9 Å². The van der Waals surface area contributed by atoms with Gasteiger partial charge in [0, 0.05) is 6.42 Å². The van der Waals surface area contributed by atoms with Gasteiger partial charge in [0.15, 0.2) is 5.84 Å². The van der Waals surface area contributed by atoms with Gasteiger partial charge >= 0.3 is 0 Å². The maximum Gasteiger partial charge on any atom is 0.241 e. The molecule has 0 unspecified atom stereocenters. The Hall–Kier alpha value is -0.640. The van der Waals surface area contributed by atoms with Crippen LogP contribution in [0.4, 0.5) is 0 Å². The van der Waals surface area contributed by atoms with Crippen LogP contribution < -0.4 is 0 Å². The van der Waals surface area contributed by atoms with Gasteiger partial charge in [-0.2, -0.15) is 4.99 Å². The summed E-state index contributed by atoms with van der Waals surface area (Å²) in [4.78, 5) is 3.89. The first-order valence-corrected chi connectivity index (χ1v) is 3.27. The molecule has 0 aromatic rings. The van der Waals surface area contributed by atoms with E-state index in [0.717, 1.165) is 18.7 Å². The minimum atomic E-state index is 0.360. The summed E-state index contributed by atoms with van der Waals surface area (Å²) < 4.78 is 0. The lowest BCUT2D eigenvalue weighted by Crippen LogP contribution is -1.87. The number of hydrogen-bond acceptors (Lipinski definition) is 2. The minimum Gasteiger partial charge on any atom is -0.200 e. The highest BCUT2D eigenvalue weighted by Gasteiger charge is 2.03. The molecule has 0 N–H and O–H groups in total. The molecule has 9 heavy (non-hydrogen) atoms. The zero-order valence-electron chi connectivity index (χ0n) is 5.16. The van der Waals surface area contributed by atoms with Crippen molar-refractivity contribution < 1.29 is 0 Å². The van der Waals surface area contributed by atoms with Gasteiger partial charge in [0.05, 0.1) is 0 Å². The van der Waals surface area contributed by atoms with Crippen molar-refractivity contribution in [1.82, 2.24) is 0 Å². The number of hydrogen-bond donors (Lipinski definition) is 0. The van der Waals surface area contributed by atoms with Crippen LogP contribution in [0.15, 0.2) is 15.2 Å². The predicted octanol–water partition coefficient (Wildman–Crippen LogP) is 1.94. The second-order valence-corrected chi connectivity index (χ2v) is 2.13. The van der Waals surface area contributed by atoms with Crippen LogP contribution in [0.5, 0.6) is 0 Å². The van der Waals surface area contributed by atoms with Crippen LogP contribution in [0.2, 0.25) is 0 Å². The van der Waals surface area contributed by atoms with Gasteiger partial charge in [-0.05, 0) is 18.6 Å². The monoisotopic (exact) mass is 141 g/mol. The van der Waals surface area contributed by atoms with Gasteiger partial charge in [-0.15, -0.1) is 10.2 Å². The van der Waals surface area contributed by atoms with Gasteiger partial charge in [0.1, 0.15) is 0 Å². The average Bonchev–Trinajstić information content (AvgIpc) is 2.17. The minimum absolute atomic E-state index is 0.360. The Morgan fingerprint density at radius 3 is 2.67 bits per heavy atom. The molecule has 0 radical (unpaired) electrons. The fourth-order valence-corrected chi connectivity index (χ4v) is 0.731. The van der Waals surface area contributed by atoms with Crippen LogP contribution in [0, 0.1) is 0 Å². The first kappa shape index (κ1) is 6.48. The molecule has 0 fully saturated rings. The highest BCUT2D eigenvalue weighted by Crippen LogP contribution is 2.03. The van der Waals surface area contributed by atoms with Crippen LogP contribution >= 0.6 is 12.2 Å². The van der Waals surface area contributed by atoms with Gasteiger partial charge in [-0.25, -0.2) is 0 Å². The van der Waals surface area contributed by atoms with E-state index in [9.17, 15) is 0 Å². The molecule has 0 saturated carbocycles. The van der Waals surface area contributed by atoms with Gasteiger partial charge in [0.25, 0.3) is 0 Å². The molecule has 0 aromatic carbocycles. The zero-order valence-corrected chi connectivity index (χ0v) is 5.98. The lowest BCUT2D eigenvalue weighted by Gasteiger charge is -1.85. The van der Waals surface area contributed by atoms with E-state index in [-0.39, 0.29) is 0 Å². The predicted molar refractivity (Wildman–Crippen MR) is 39.8 cm³/mol. The Morgan fingerprint density at radius 1 is 1.44 bits per heavy atom. The van der Waals surface area contributed by atoms with Crippen molar-refractivity contribution in [1.29, 1.82) is 0 Å². The molecule has 0 atom stereocenters. The first-order chi connectivity index (χ1) is 4.33. The van der Waals surface area contributed by atoms with Crippen LogP contribution in [-0.4, -0.2) is 10.9 Å². The summed E-state index contributed by atoms with van der Waals surface area (Å²) >= 11 is 4.66. The third-order valence-corrected chi connectivity index (χ3v) is 1.12. The van der Waals surface area contributed by atoms with E-state index >= 15 is 0 Å². The Morgan fingerprint density at radius 2 is 2.22 bits per heavy atom. The average molecular weight is 141 g/mol. The smallest absolute Gasteiger partial charge is 0.200 e. The van der Waals surface area contributed by atoms with E-state index in [4.69, 9.17) is 0 Å². The molecule has 0 bridgehead atoms. The van der Waals surface area contributed by atoms with Crippen molar-refractivity contribution in [2.75, 3.05) is 0 Å². The van der Waals surface area contributed by atoms with E-state index in [2.05, 4.69) is 34.4 Å². The highest BCUT2D eigenvalue weighted by atomic mass is 32.1. The molecule has 0 aliphatic carbocycles. The Kier molecular flexibility index (Phi) is 2.00. The molecule has 0 saturated heterocycles. The summed E-state index contributed by atoms with van der Waals surface area (Å²) in [5.74, 6) is 0.766. The number of rotatable bonds is 2. The first-order valence-electron chi connectivity index (χ1n) is 2.86. The molecule has 3 nitrogen and oxygen atoms in total. The lowest BCUT2D eigenvalue weighted by atomic mass is 10.3. The van der Waals surface area contributed by atoms with Crippen molar-refractivity contribution in [3.63, 3.8) is 0 Å². The molecular weight excluding hydrogens is 134 g/mol. The van der Waals surface area contributed by atoms with Gasteiger partial charge in [-0.3, -0.25) is 0 Å². The summed E-state index contributed by atoms with van der Waals surface area (Å²) in [6.07, 6.45) is 1.92. The SMILES string of the molecule is CCCC1=NC(=S)N=N1. The number of amidine groups is 1. The molecule has 0 spiro atoms. The normalized spacial score (nSPS) is 16.6. The van der Waals surface area contributed by atoms with E-state index in [1.54, 1.807) is 0 Å². The maximum absolute atomic E-state index is 4.66. The van der Waals surface area contributed by atoms with E-state index in [1.165, 1.54) is 0 Å².